The lowest BCUT2D eigenvalue weighted by atomic mass is 10.1. The van der Waals surface area contributed by atoms with E-state index in [1.165, 1.54) is 12.0 Å². The fraction of sp³-hybridized carbons (Fsp3) is 0.385. The van der Waals surface area contributed by atoms with Gasteiger partial charge < -0.3 is 14.7 Å². The first-order valence-electron chi connectivity index (χ1n) is 5.71. The Kier molecular flexibility index (Phi) is 3.34. The van der Waals surface area contributed by atoms with Crippen molar-refractivity contribution >= 4 is 17.6 Å². The molecule has 0 saturated carbocycles. The van der Waals surface area contributed by atoms with Gasteiger partial charge in [-0.3, -0.25) is 4.79 Å². The molecule has 1 aliphatic rings. The minimum atomic E-state index is -0.677. The highest BCUT2D eigenvalue weighted by Gasteiger charge is 2.32. The average molecular weight is 249 g/mol. The Labute approximate surface area is 105 Å². The van der Waals surface area contributed by atoms with Crippen LogP contribution in [0.25, 0.3) is 0 Å². The van der Waals surface area contributed by atoms with E-state index in [1.807, 2.05) is 0 Å². The van der Waals surface area contributed by atoms with Gasteiger partial charge in [-0.25, -0.2) is 4.79 Å². The number of β-amino-alcohol motifs (C(OH)–C–C–N with tert-alkyl or cyclic N) is 1. The summed E-state index contributed by atoms with van der Waals surface area (Å²) >= 11 is 0. The van der Waals surface area contributed by atoms with Crippen molar-refractivity contribution < 1.29 is 19.4 Å². The molecule has 0 aliphatic carbocycles. The van der Waals surface area contributed by atoms with Crippen molar-refractivity contribution in [1.82, 2.24) is 0 Å². The molecule has 1 fully saturated rings. The van der Waals surface area contributed by atoms with Crippen LogP contribution in [0, 0.1) is 6.92 Å². The van der Waals surface area contributed by atoms with Gasteiger partial charge in [0, 0.05) is 0 Å². The molecule has 5 nitrogen and oxygen atoms in total. The highest BCUT2D eigenvalue weighted by atomic mass is 16.5. The minimum Gasteiger partial charge on any atom is -0.465 e. The summed E-state index contributed by atoms with van der Waals surface area (Å²) in [7, 11) is 1.30. The molecule has 0 aromatic heterocycles. The molecule has 1 N–H and O–H groups in total. The summed E-state index contributed by atoms with van der Waals surface area (Å²) in [5.41, 5.74) is 1.62. The van der Waals surface area contributed by atoms with Crippen LogP contribution >= 0.6 is 0 Å². The molecule has 96 valence electrons. The van der Waals surface area contributed by atoms with Crippen LogP contribution in [0.4, 0.5) is 5.69 Å². The van der Waals surface area contributed by atoms with Crippen molar-refractivity contribution in [2.24, 2.45) is 0 Å². The van der Waals surface area contributed by atoms with E-state index in [9.17, 15) is 14.7 Å². The van der Waals surface area contributed by atoms with Crippen molar-refractivity contribution in [3.63, 3.8) is 0 Å². The second-order valence-electron chi connectivity index (χ2n) is 4.32. The molecule has 2 rings (SSSR count). The molecule has 1 aromatic rings. The summed E-state index contributed by atoms with van der Waals surface area (Å²) in [5.74, 6) is -0.657. The number of aliphatic hydroxyl groups excluding tert-OH is 1. The fourth-order valence-electron chi connectivity index (χ4n) is 2.17. The summed E-state index contributed by atoms with van der Waals surface area (Å²) in [5, 5.41) is 9.51. The summed E-state index contributed by atoms with van der Waals surface area (Å²) in [6.07, 6.45) is -0.585. The number of anilines is 1. The largest absolute Gasteiger partial charge is 0.465 e. The number of rotatable bonds is 2. The maximum atomic E-state index is 11.8. The van der Waals surface area contributed by atoms with Gasteiger partial charge in [-0.15, -0.1) is 0 Å². The van der Waals surface area contributed by atoms with Gasteiger partial charge in [0.25, 0.3) is 0 Å². The van der Waals surface area contributed by atoms with Crippen LogP contribution in [0.15, 0.2) is 18.2 Å². The van der Waals surface area contributed by atoms with Gasteiger partial charge in [0.1, 0.15) is 0 Å². The predicted molar refractivity (Wildman–Crippen MR) is 65.5 cm³/mol. The number of aryl methyl sites for hydroxylation is 1. The van der Waals surface area contributed by atoms with Crippen molar-refractivity contribution in [3.8, 4) is 0 Å². The van der Waals surface area contributed by atoms with E-state index < -0.39 is 12.1 Å². The third-order valence-corrected chi connectivity index (χ3v) is 3.04. The fourth-order valence-corrected chi connectivity index (χ4v) is 2.17. The van der Waals surface area contributed by atoms with Gasteiger partial charge in [0.15, 0.2) is 0 Å². The van der Waals surface area contributed by atoms with Crippen molar-refractivity contribution in [3.05, 3.63) is 29.3 Å². The number of amides is 1. The minimum absolute atomic E-state index is 0.0918. The molecule has 1 aliphatic heterocycles. The lowest BCUT2D eigenvalue weighted by Crippen LogP contribution is -2.27. The van der Waals surface area contributed by atoms with Gasteiger partial charge >= 0.3 is 5.97 Å². The molecule has 0 bridgehead atoms. The number of methoxy groups -OCH3 is 1. The zero-order valence-corrected chi connectivity index (χ0v) is 10.3. The Bertz CT molecular complexity index is 498. The Morgan fingerprint density at radius 3 is 2.78 bits per heavy atom. The number of carbonyl (C=O) groups excluding carboxylic acids is 2. The normalized spacial score (nSPS) is 19.2. The molecule has 1 aromatic carbocycles. The predicted octanol–water partition coefficient (Wildman–Crippen LogP) is 0.879. The zero-order valence-electron chi connectivity index (χ0n) is 10.3. The van der Waals surface area contributed by atoms with E-state index in [1.54, 1.807) is 25.1 Å². The molecule has 1 amide bonds. The molecule has 0 radical (unpaired) electrons. The molecule has 1 saturated heterocycles. The van der Waals surface area contributed by atoms with Gasteiger partial charge in [-0.2, -0.15) is 0 Å². The number of hydrogen-bond acceptors (Lipinski definition) is 4. The zero-order chi connectivity index (χ0) is 13.3. The van der Waals surface area contributed by atoms with E-state index in [4.69, 9.17) is 4.74 Å². The van der Waals surface area contributed by atoms with E-state index >= 15 is 0 Å². The third-order valence-electron chi connectivity index (χ3n) is 3.04. The summed E-state index contributed by atoms with van der Waals surface area (Å²) in [6, 6.07) is 5.25. The highest BCUT2D eigenvalue weighted by Crippen LogP contribution is 2.28. The molecule has 1 unspecified atom stereocenters. The lowest BCUT2D eigenvalue weighted by molar-refractivity contribution is -0.117. The second kappa shape index (κ2) is 4.78. The van der Waals surface area contributed by atoms with E-state index in [0.717, 1.165) is 5.56 Å². The van der Waals surface area contributed by atoms with Crippen LogP contribution in [0.3, 0.4) is 0 Å². The molecule has 1 heterocycles. The molecule has 5 heteroatoms. The number of carbonyl (C=O) groups is 2. The Balaban J connectivity index is 2.48. The molecular formula is C13H15NO4. The first kappa shape index (κ1) is 12.6. The number of nitrogens with zero attached hydrogens (tertiary/aromatic N) is 1. The number of aliphatic hydroxyl groups is 1. The van der Waals surface area contributed by atoms with Crippen molar-refractivity contribution in [2.45, 2.75) is 19.4 Å². The summed E-state index contributed by atoms with van der Waals surface area (Å²) in [6.45, 7) is 2.00. The Morgan fingerprint density at radius 2 is 2.22 bits per heavy atom. The molecule has 18 heavy (non-hydrogen) atoms. The Hall–Kier alpha value is -1.88. The summed E-state index contributed by atoms with van der Waals surface area (Å²) in [4.78, 5) is 25.0. The summed E-state index contributed by atoms with van der Waals surface area (Å²) < 4.78 is 4.74. The monoisotopic (exact) mass is 249 g/mol. The van der Waals surface area contributed by atoms with Crippen molar-refractivity contribution in [1.29, 1.82) is 0 Å². The molecule has 1 atom stereocenters. The number of hydrogen-bond donors (Lipinski definition) is 1. The van der Waals surface area contributed by atoms with Crippen molar-refractivity contribution in [2.75, 3.05) is 18.6 Å². The smallest absolute Gasteiger partial charge is 0.340 e. The van der Waals surface area contributed by atoms with Gasteiger partial charge in [-0.05, 0) is 18.6 Å². The first-order chi connectivity index (χ1) is 8.54. The Morgan fingerprint density at radius 1 is 1.50 bits per heavy atom. The quantitative estimate of drug-likeness (QED) is 0.790. The second-order valence-corrected chi connectivity index (χ2v) is 4.32. The van der Waals surface area contributed by atoms with E-state index in [2.05, 4.69) is 0 Å². The maximum absolute atomic E-state index is 11.8. The number of esters is 1. The SMILES string of the molecule is COC(=O)c1c(C)cccc1N1CC(O)CC1=O. The third kappa shape index (κ3) is 2.09. The van der Waals surface area contributed by atoms with Gasteiger partial charge in [0.05, 0.1) is 37.4 Å². The standard InChI is InChI=1S/C13H15NO4/c1-8-4-3-5-10(12(8)13(17)18-2)14-7-9(15)6-11(14)16/h3-5,9,15H,6-7H2,1-2H3. The highest BCUT2D eigenvalue weighted by molar-refractivity contribution is 6.04. The first-order valence-corrected chi connectivity index (χ1v) is 5.71. The maximum Gasteiger partial charge on any atom is 0.340 e. The average Bonchev–Trinajstić information content (AvgIpc) is 2.67. The topological polar surface area (TPSA) is 66.8 Å². The van der Waals surface area contributed by atoms with Crippen LogP contribution in [0.2, 0.25) is 0 Å². The number of ether oxygens (including phenoxy) is 1. The van der Waals surface area contributed by atoms with Crippen LogP contribution < -0.4 is 4.90 Å². The lowest BCUT2D eigenvalue weighted by Gasteiger charge is -2.20. The molecule has 0 spiro atoms. The molecular weight excluding hydrogens is 234 g/mol. The van der Waals surface area contributed by atoms with E-state index in [0.29, 0.717) is 11.3 Å². The van der Waals surface area contributed by atoms with Crippen LogP contribution in [-0.2, 0) is 9.53 Å². The van der Waals surface area contributed by atoms with Crippen LogP contribution in [0.1, 0.15) is 22.3 Å². The van der Waals surface area contributed by atoms with E-state index in [-0.39, 0.29) is 18.9 Å². The van der Waals surface area contributed by atoms with Gasteiger partial charge in [0.2, 0.25) is 5.91 Å². The van der Waals surface area contributed by atoms with Gasteiger partial charge in [-0.1, -0.05) is 12.1 Å². The van der Waals surface area contributed by atoms with Crippen LogP contribution in [-0.4, -0.2) is 36.7 Å². The van der Waals surface area contributed by atoms with Crippen LogP contribution in [0.5, 0.6) is 0 Å². The number of benzene rings is 1.